The lowest BCUT2D eigenvalue weighted by Crippen LogP contribution is -2.58. The third-order valence-corrected chi connectivity index (χ3v) is 13.2. The molecule has 0 aromatic heterocycles. The Morgan fingerprint density at radius 3 is 1.88 bits per heavy atom. The standard InChI is InChI=1S/C40H34F12N2O4/c1-57-33(56)36-20-34(36)16-30-35(28-4-2-3-5-29(28)54(32(35)55)17-21-10-24(37(41,42)43)14-25(11-21)38(44,45)46)8-9-53(30)18-23(34)6-7-31(36)58-19-22-12-26(39(47,48)49)15-27(13-22)40(50,51)52/h2-5,10-15,23,30-31H,6-9,16-20H2,1H3/t23-,30-,31-,34+,35-,36-/m0/s1. The summed E-state index contributed by atoms with van der Waals surface area (Å²) in [6, 6.07) is 8.27. The number of rotatable bonds is 6. The summed E-state index contributed by atoms with van der Waals surface area (Å²) in [5.74, 6) is -1.34. The molecule has 3 aliphatic heterocycles. The Balaban J connectivity index is 1.12. The van der Waals surface area contributed by atoms with Gasteiger partial charge in [0.15, 0.2) is 0 Å². The minimum absolute atomic E-state index is 0.00866. The van der Waals surface area contributed by atoms with Gasteiger partial charge in [0.05, 0.1) is 54.0 Å². The second-order valence-electron chi connectivity index (χ2n) is 16.0. The number of methoxy groups -OCH3 is 1. The van der Waals surface area contributed by atoms with Crippen LogP contribution >= 0.6 is 0 Å². The number of benzene rings is 3. The number of hydrogen-bond donors (Lipinski definition) is 0. The van der Waals surface area contributed by atoms with Gasteiger partial charge in [0.2, 0.25) is 5.91 Å². The first-order valence-electron chi connectivity index (χ1n) is 18.4. The summed E-state index contributed by atoms with van der Waals surface area (Å²) in [6.45, 7) is -0.449. The summed E-state index contributed by atoms with van der Waals surface area (Å²) in [5.41, 5.74) is -9.55. The normalized spacial score (nSPS) is 29.6. The van der Waals surface area contributed by atoms with Crippen LogP contribution < -0.4 is 4.90 Å². The Labute approximate surface area is 323 Å². The van der Waals surface area contributed by atoms with Crippen molar-refractivity contribution in [1.29, 1.82) is 0 Å². The number of hydrogen-bond acceptors (Lipinski definition) is 5. The van der Waals surface area contributed by atoms with Crippen LogP contribution in [0.2, 0.25) is 0 Å². The minimum Gasteiger partial charge on any atom is -0.468 e. The number of carbonyl (C=O) groups excluding carboxylic acids is 2. The van der Waals surface area contributed by atoms with Crippen LogP contribution in [0.5, 0.6) is 0 Å². The van der Waals surface area contributed by atoms with E-state index in [1.54, 1.807) is 24.3 Å². The Morgan fingerprint density at radius 2 is 1.33 bits per heavy atom. The van der Waals surface area contributed by atoms with Gasteiger partial charge in [-0.15, -0.1) is 0 Å². The van der Waals surface area contributed by atoms with Crippen LogP contribution in [0.15, 0.2) is 60.7 Å². The van der Waals surface area contributed by atoms with Crippen LogP contribution in [0.1, 0.15) is 71.0 Å². The number of amides is 1. The molecule has 0 radical (unpaired) electrons. The number of fused-ring (bicyclic) bond motifs is 4. The molecule has 0 bridgehead atoms. The molecule has 18 heteroatoms. The maximum atomic E-state index is 14.9. The Morgan fingerprint density at radius 1 is 0.776 bits per heavy atom. The lowest BCUT2D eigenvalue weighted by molar-refractivity contribution is -0.166. The fraction of sp³-hybridized carbons (Fsp3) is 0.500. The van der Waals surface area contributed by atoms with Gasteiger partial charge in [-0.2, -0.15) is 52.7 Å². The van der Waals surface area contributed by atoms with Crippen LogP contribution in [0, 0.1) is 16.7 Å². The van der Waals surface area contributed by atoms with Gasteiger partial charge in [-0.1, -0.05) is 18.2 Å². The smallest absolute Gasteiger partial charge is 0.416 e. The van der Waals surface area contributed by atoms with Crippen LogP contribution in [0.25, 0.3) is 0 Å². The molecule has 3 aromatic rings. The van der Waals surface area contributed by atoms with Crippen LogP contribution in [-0.4, -0.2) is 49.1 Å². The third-order valence-electron chi connectivity index (χ3n) is 13.2. The van der Waals surface area contributed by atoms with Gasteiger partial charge >= 0.3 is 30.7 Å². The highest BCUT2D eigenvalue weighted by Gasteiger charge is 2.82. The maximum Gasteiger partial charge on any atom is 0.416 e. The summed E-state index contributed by atoms with van der Waals surface area (Å²) in [4.78, 5) is 32.0. The summed E-state index contributed by atoms with van der Waals surface area (Å²) in [6.07, 6.45) is -20.0. The first-order valence-corrected chi connectivity index (χ1v) is 18.4. The largest absolute Gasteiger partial charge is 0.468 e. The van der Waals surface area contributed by atoms with Crippen molar-refractivity contribution in [3.05, 3.63) is 99.6 Å². The number of anilines is 1. The Hall–Kier alpha value is -4.32. The number of alkyl halides is 12. The van der Waals surface area contributed by atoms with Crippen molar-refractivity contribution in [2.75, 3.05) is 25.1 Å². The van der Waals surface area contributed by atoms with E-state index < -0.39 is 106 Å². The van der Waals surface area contributed by atoms with Crippen molar-refractivity contribution in [3.8, 4) is 0 Å². The van der Waals surface area contributed by atoms with E-state index in [9.17, 15) is 62.3 Å². The van der Waals surface area contributed by atoms with E-state index in [1.165, 1.54) is 4.90 Å². The van der Waals surface area contributed by atoms with Crippen molar-refractivity contribution in [2.45, 2.75) is 87.5 Å². The third kappa shape index (κ3) is 6.17. The highest BCUT2D eigenvalue weighted by Crippen LogP contribution is 2.79. The molecular formula is C40H34F12N2O4. The van der Waals surface area contributed by atoms with E-state index in [4.69, 9.17) is 9.47 Å². The van der Waals surface area contributed by atoms with Gasteiger partial charge in [-0.3, -0.25) is 14.5 Å². The van der Waals surface area contributed by atoms with Crippen LogP contribution in [0.3, 0.4) is 0 Å². The predicted octanol–water partition coefficient (Wildman–Crippen LogP) is 9.57. The van der Waals surface area contributed by atoms with E-state index in [1.807, 2.05) is 0 Å². The molecule has 6 nitrogen and oxygen atoms in total. The summed E-state index contributed by atoms with van der Waals surface area (Å²) in [5, 5.41) is 0. The molecule has 3 heterocycles. The molecule has 4 fully saturated rings. The molecular weight excluding hydrogens is 800 g/mol. The van der Waals surface area contributed by atoms with Crippen molar-refractivity contribution in [3.63, 3.8) is 0 Å². The van der Waals surface area contributed by atoms with E-state index in [0.717, 1.165) is 7.11 Å². The Bertz CT molecular complexity index is 2100. The molecule has 312 valence electrons. The van der Waals surface area contributed by atoms with E-state index in [2.05, 4.69) is 4.90 Å². The monoisotopic (exact) mass is 834 g/mol. The number of ether oxygens (including phenoxy) is 2. The lowest BCUT2D eigenvalue weighted by Gasteiger charge is -2.50. The Kier molecular flexibility index (Phi) is 9.13. The van der Waals surface area contributed by atoms with Gasteiger partial charge in [0, 0.05) is 18.3 Å². The molecule has 0 unspecified atom stereocenters. The number of piperidine rings is 1. The zero-order chi connectivity index (χ0) is 42.0. The van der Waals surface area contributed by atoms with E-state index >= 15 is 0 Å². The van der Waals surface area contributed by atoms with Crippen LogP contribution in [-0.2, 0) is 62.3 Å². The van der Waals surface area contributed by atoms with Gasteiger partial charge in [0.1, 0.15) is 5.41 Å². The van der Waals surface area contributed by atoms with Gasteiger partial charge < -0.3 is 14.4 Å². The molecule has 1 amide bonds. The molecule has 2 spiro atoms. The number of esters is 1. The SMILES string of the molecule is COC(=O)[C@@]12C[C@@]13C[C@@H]1N(CC[C@@]14C(=O)N(Cc1cc(C(F)(F)F)cc(C(F)(F)F)c1)c1ccccc14)C[C@@H]3CC[C@@H]2OCc1cc(C(F)(F)F)cc(C(F)(F)F)c1. The molecule has 0 N–H and O–H groups in total. The first-order chi connectivity index (χ1) is 27.0. The van der Waals surface area contributed by atoms with Crippen molar-refractivity contribution in [1.82, 2.24) is 4.90 Å². The average molecular weight is 835 g/mol. The molecule has 3 aromatic carbocycles. The minimum atomic E-state index is -5.11. The summed E-state index contributed by atoms with van der Waals surface area (Å²) < 4.78 is 176. The second-order valence-corrected chi connectivity index (χ2v) is 16.0. The number of para-hydroxylation sites is 1. The van der Waals surface area contributed by atoms with Crippen molar-refractivity contribution >= 4 is 17.6 Å². The first kappa shape index (κ1) is 40.5. The average Bonchev–Trinajstić information content (AvgIpc) is 3.62. The molecule has 5 aliphatic rings. The zero-order valence-corrected chi connectivity index (χ0v) is 30.4. The highest BCUT2D eigenvalue weighted by atomic mass is 19.4. The molecule has 2 saturated heterocycles. The lowest BCUT2D eigenvalue weighted by atomic mass is 9.61. The second kappa shape index (κ2) is 13.1. The fourth-order valence-electron chi connectivity index (χ4n) is 10.7. The van der Waals surface area contributed by atoms with Gasteiger partial charge in [0.25, 0.3) is 0 Å². The molecule has 2 aliphatic carbocycles. The summed E-state index contributed by atoms with van der Waals surface area (Å²) in [7, 11) is 1.16. The van der Waals surface area contributed by atoms with Gasteiger partial charge in [-0.05, 0) is 109 Å². The highest BCUT2D eigenvalue weighted by molar-refractivity contribution is 6.09. The number of carbonyl (C=O) groups is 2. The fourth-order valence-corrected chi connectivity index (χ4v) is 10.7. The molecule has 6 atom stereocenters. The van der Waals surface area contributed by atoms with E-state index in [0.29, 0.717) is 55.0 Å². The van der Waals surface area contributed by atoms with Crippen molar-refractivity contribution < 1.29 is 71.7 Å². The number of halogens is 12. The quantitative estimate of drug-likeness (QED) is 0.183. The number of nitrogens with zero attached hydrogens (tertiary/aromatic N) is 2. The molecule has 58 heavy (non-hydrogen) atoms. The maximum absolute atomic E-state index is 14.9. The van der Waals surface area contributed by atoms with Crippen molar-refractivity contribution in [2.24, 2.45) is 16.7 Å². The van der Waals surface area contributed by atoms with Crippen LogP contribution in [0.4, 0.5) is 58.4 Å². The topological polar surface area (TPSA) is 59.1 Å². The molecule has 2 saturated carbocycles. The zero-order valence-electron chi connectivity index (χ0n) is 30.4. The summed E-state index contributed by atoms with van der Waals surface area (Å²) >= 11 is 0. The predicted molar refractivity (Wildman–Crippen MR) is 180 cm³/mol. The molecule has 8 rings (SSSR count). The van der Waals surface area contributed by atoms with E-state index in [-0.39, 0.29) is 49.3 Å². The van der Waals surface area contributed by atoms with Gasteiger partial charge in [-0.25, -0.2) is 0 Å².